The second kappa shape index (κ2) is 6.49. The third-order valence-corrected chi connectivity index (χ3v) is 8.24. The van der Waals surface area contributed by atoms with Gasteiger partial charge in [-0.25, -0.2) is 14.6 Å². The summed E-state index contributed by atoms with van der Waals surface area (Å²) in [7, 11) is 0. The SMILES string of the molecule is Cc1nc(N2CC3(CN(CC(F)(F)F)C3)C2)cc(-n2ncc3cnc([C@]4(C#N)CC45CC5)cc32)n1. The molecule has 2 saturated heterocycles. The van der Waals surface area contributed by atoms with Crippen LogP contribution in [0.15, 0.2) is 24.5 Å². The van der Waals surface area contributed by atoms with E-state index in [1.807, 2.05) is 19.1 Å². The van der Waals surface area contributed by atoms with Crippen LogP contribution >= 0.6 is 0 Å². The quantitative estimate of drug-likeness (QED) is 0.567. The Morgan fingerprint density at radius 2 is 1.80 bits per heavy atom. The van der Waals surface area contributed by atoms with E-state index in [9.17, 15) is 18.4 Å². The highest BCUT2D eigenvalue weighted by molar-refractivity contribution is 5.80. The smallest absolute Gasteiger partial charge is 0.355 e. The zero-order valence-electron chi connectivity index (χ0n) is 19.2. The van der Waals surface area contributed by atoms with Crippen LogP contribution < -0.4 is 4.90 Å². The van der Waals surface area contributed by atoms with Crippen molar-refractivity contribution in [1.29, 1.82) is 5.26 Å². The van der Waals surface area contributed by atoms with E-state index in [4.69, 9.17) is 0 Å². The molecule has 2 aliphatic carbocycles. The molecule has 35 heavy (non-hydrogen) atoms. The normalized spacial score (nSPS) is 26.0. The maximum atomic E-state index is 12.6. The van der Waals surface area contributed by atoms with E-state index in [1.54, 1.807) is 17.1 Å². The molecule has 0 unspecified atom stereocenters. The molecule has 7 rings (SSSR count). The Bertz CT molecular complexity index is 1400. The summed E-state index contributed by atoms with van der Waals surface area (Å²) in [5.41, 5.74) is 1.20. The van der Waals surface area contributed by atoms with Crippen LogP contribution in [0.1, 0.15) is 30.8 Å². The number of rotatable bonds is 4. The minimum atomic E-state index is -4.16. The molecule has 4 aliphatic rings. The lowest BCUT2D eigenvalue weighted by atomic mass is 9.73. The van der Waals surface area contributed by atoms with Crippen LogP contribution in [0.2, 0.25) is 0 Å². The van der Waals surface area contributed by atoms with Crippen LogP contribution in [0.3, 0.4) is 0 Å². The van der Waals surface area contributed by atoms with Crippen LogP contribution in [0.25, 0.3) is 16.7 Å². The number of aromatic nitrogens is 5. The monoisotopic (exact) mass is 480 g/mol. The Hall–Kier alpha value is -3.26. The van der Waals surface area contributed by atoms with E-state index in [0.29, 0.717) is 37.8 Å². The van der Waals surface area contributed by atoms with E-state index < -0.39 is 18.1 Å². The van der Waals surface area contributed by atoms with Gasteiger partial charge in [-0.3, -0.25) is 9.88 Å². The summed E-state index contributed by atoms with van der Waals surface area (Å²) in [6, 6.07) is 6.37. The highest BCUT2D eigenvalue weighted by atomic mass is 19.4. The van der Waals surface area contributed by atoms with Gasteiger partial charge < -0.3 is 4.90 Å². The molecule has 0 bridgehead atoms. The second-order valence-corrected chi connectivity index (χ2v) is 10.9. The minimum Gasteiger partial charge on any atom is -0.355 e. The van der Waals surface area contributed by atoms with Crippen molar-refractivity contribution in [2.24, 2.45) is 10.8 Å². The Morgan fingerprint density at radius 1 is 1.06 bits per heavy atom. The number of hydrogen-bond acceptors (Lipinski definition) is 7. The fourth-order valence-corrected chi connectivity index (χ4v) is 6.33. The number of likely N-dealkylation sites (tertiary alicyclic amines) is 1. The predicted molar refractivity (Wildman–Crippen MR) is 120 cm³/mol. The lowest BCUT2D eigenvalue weighted by Crippen LogP contribution is -2.73. The van der Waals surface area contributed by atoms with E-state index in [2.05, 4.69) is 31.0 Å². The summed E-state index contributed by atoms with van der Waals surface area (Å²) in [5.74, 6) is 1.96. The number of aryl methyl sites for hydroxylation is 1. The lowest BCUT2D eigenvalue weighted by molar-refractivity contribution is -0.172. The van der Waals surface area contributed by atoms with Gasteiger partial charge in [0.1, 0.15) is 17.1 Å². The number of hydrogen-bond donors (Lipinski definition) is 0. The Balaban J connectivity index is 1.15. The molecule has 2 spiro atoms. The van der Waals surface area contributed by atoms with Crippen LogP contribution in [0, 0.1) is 29.1 Å². The van der Waals surface area contributed by atoms with Gasteiger partial charge in [0.2, 0.25) is 0 Å². The molecule has 0 amide bonds. The number of pyridine rings is 1. The zero-order chi connectivity index (χ0) is 24.2. The molecule has 0 aromatic carbocycles. The van der Waals surface area contributed by atoms with Crippen molar-refractivity contribution in [3.05, 3.63) is 36.0 Å². The van der Waals surface area contributed by atoms with E-state index >= 15 is 0 Å². The van der Waals surface area contributed by atoms with Gasteiger partial charge in [-0.2, -0.15) is 23.5 Å². The molecule has 5 heterocycles. The van der Waals surface area contributed by atoms with Crippen molar-refractivity contribution < 1.29 is 13.2 Å². The van der Waals surface area contributed by atoms with Crippen LogP contribution in [-0.4, -0.2) is 68.5 Å². The number of nitrogens with zero attached hydrogens (tertiary/aromatic N) is 8. The summed E-state index contributed by atoms with van der Waals surface area (Å²) in [6.07, 6.45) is 2.40. The minimum absolute atomic E-state index is 0.0854. The van der Waals surface area contributed by atoms with E-state index in [1.165, 1.54) is 4.90 Å². The molecule has 0 N–H and O–H groups in total. The fourth-order valence-electron chi connectivity index (χ4n) is 6.33. The Morgan fingerprint density at radius 3 is 2.46 bits per heavy atom. The van der Waals surface area contributed by atoms with Crippen molar-refractivity contribution >= 4 is 16.7 Å². The molecule has 11 heteroatoms. The number of halogens is 3. The van der Waals surface area contributed by atoms with Gasteiger partial charge in [0.15, 0.2) is 5.82 Å². The Labute approximate surface area is 199 Å². The van der Waals surface area contributed by atoms with Crippen molar-refractivity contribution in [1.82, 2.24) is 29.6 Å². The maximum Gasteiger partial charge on any atom is 0.401 e. The fraction of sp³-hybridized carbons (Fsp3) is 0.542. The van der Waals surface area contributed by atoms with Gasteiger partial charge in [0.25, 0.3) is 0 Å². The summed E-state index contributed by atoms with van der Waals surface area (Å²) >= 11 is 0. The molecule has 2 aliphatic heterocycles. The van der Waals surface area contributed by atoms with Crippen LogP contribution in [0.4, 0.5) is 19.0 Å². The first-order valence-electron chi connectivity index (χ1n) is 11.8. The lowest BCUT2D eigenvalue weighted by Gasteiger charge is -2.60. The largest absolute Gasteiger partial charge is 0.401 e. The average molecular weight is 480 g/mol. The summed E-state index contributed by atoms with van der Waals surface area (Å²) in [6.45, 7) is 3.25. The predicted octanol–water partition coefficient (Wildman–Crippen LogP) is 3.15. The van der Waals surface area contributed by atoms with Crippen molar-refractivity contribution in [2.75, 3.05) is 37.6 Å². The third-order valence-electron chi connectivity index (χ3n) is 8.24. The summed E-state index contributed by atoms with van der Waals surface area (Å²) < 4.78 is 39.7. The zero-order valence-corrected chi connectivity index (χ0v) is 19.2. The highest BCUT2D eigenvalue weighted by Gasteiger charge is 2.76. The van der Waals surface area contributed by atoms with Crippen LogP contribution in [-0.2, 0) is 5.41 Å². The maximum absolute atomic E-state index is 12.6. The first kappa shape index (κ1) is 21.1. The molecule has 3 aromatic rings. The van der Waals surface area contributed by atoms with Gasteiger partial charge in [-0.15, -0.1) is 0 Å². The number of nitriles is 1. The van der Waals surface area contributed by atoms with Crippen molar-refractivity contribution in [3.8, 4) is 11.9 Å². The number of fused-ring (bicyclic) bond motifs is 1. The second-order valence-electron chi connectivity index (χ2n) is 10.9. The molecule has 2 saturated carbocycles. The number of anilines is 1. The third kappa shape index (κ3) is 3.08. The highest BCUT2D eigenvalue weighted by Crippen LogP contribution is 2.78. The van der Waals surface area contributed by atoms with Crippen molar-refractivity contribution in [2.45, 2.75) is 37.8 Å². The first-order valence-corrected chi connectivity index (χ1v) is 11.8. The van der Waals surface area contributed by atoms with Gasteiger partial charge in [-0.05, 0) is 37.7 Å². The van der Waals surface area contributed by atoms with Gasteiger partial charge >= 0.3 is 6.18 Å². The van der Waals surface area contributed by atoms with E-state index in [0.717, 1.165) is 41.7 Å². The van der Waals surface area contributed by atoms with Gasteiger partial charge in [0.05, 0.1) is 30.0 Å². The number of alkyl halides is 3. The Kier molecular flexibility index (Phi) is 3.90. The first-order chi connectivity index (χ1) is 16.6. The summed E-state index contributed by atoms with van der Waals surface area (Å²) in [5, 5.41) is 15.3. The van der Waals surface area contributed by atoms with E-state index in [-0.39, 0.29) is 10.8 Å². The molecule has 3 aromatic heterocycles. The molecule has 180 valence electrons. The molecule has 0 radical (unpaired) electrons. The molecule has 4 fully saturated rings. The summed E-state index contributed by atoms with van der Waals surface area (Å²) in [4.78, 5) is 17.3. The molecular weight excluding hydrogens is 457 g/mol. The van der Waals surface area contributed by atoms with Crippen molar-refractivity contribution in [3.63, 3.8) is 0 Å². The molecule has 1 atom stereocenters. The van der Waals surface area contributed by atoms with Gasteiger partial charge in [0, 0.05) is 49.2 Å². The average Bonchev–Trinajstić information content (AvgIpc) is 3.62. The molecular formula is C24H23F3N8. The van der Waals surface area contributed by atoms with Gasteiger partial charge in [-0.1, -0.05) is 0 Å². The molecule has 8 nitrogen and oxygen atoms in total. The van der Waals surface area contributed by atoms with Crippen LogP contribution in [0.5, 0.6) is 0 Å². The topological polar surface area (TPSA) is 86.8 Å². The standard InChI is InChI=1S/C24H23F3N8/c1-15-31-19(34-12-21(13-34)10-33(11-21)14-24(25,26)27)5-20(32-15)35-17-4-18(29-6-16(17)7-30-35)23(9-28)8-22(23)2-3-22/h4-7H,2-3,8,10-14H2,1H3/t23-/m1/s1.